The Morgan fingerprint density at radius 2 is 1.02 bits per heavy atom. The molecule has 0 aliphatic heterocycles. The van der Waals surface area contributed by atoms with Gasteiger partial charge in [-0.25, -0.2) is 8.42 Å². The van der Waals surface area contributed by atoms with E-state index in [0.29, 0.717) is 35.4 Å². The Bertz CT molecular complexity index is 3360. The largest absolute Gasteiger partial charge is 1.00 e. The van der Waals surface area contributed by atoms with E-state index in [2.05, 4.69) is 20.5 Å². The molecule has 64 heavy (non-hydrogen) atoms. The third-order valence-corrected chi connectivity index (χ3v) is 12.1. The monoisotopic (exact) mass is 993 g/mol. The van der Waals surface area contributed by atoms with Crippen LogP contribution >= 0.6 is 0 Å². The number of nitrogen functional groups attached to an aromatic ring is 1. The van der Waals surface area contributed by atoms with Gasteiger partial charge in [-0.15, -0.1) is 21.1 Å². The second-order valence-electron chi connectivity index (χ2n) is 12.2. The number of nitrogens with two attached hydrogens (primary N) is 1. The number of rotatable bonds is 11. The SMILES string of the molecule is COc1cc(-c2ccc(N=Nc3c(S(=O)(=O)O)cc4cc(S(=O)(=O)[O-])cc([O-])c4c3[O-])c(OC)c2)ccc1N=Nc1ccc2c(S(=O)(=O)O)cc(S(=O)(=O)O)c(N)c2c1[O-].[Na+].[Na+].[Na+].[Na+]. The van der Waals surface area contributed by atoms with Crippen molar-refractivity contribution in [3.63, 3.8) is 0 Å². The van der Waals surface area contributed by atoms with Crippen LogP contribution in [-0.2, 0) is 40.5 Å². The minimum absolute atomic E-state index is 0. The summed E-state index contributed by atoms with van der Waals surface area (Å²) >= 11 is 0. The number of azo groups is 2. The third-order valence-electron chi connectivity index (χ3n) is 8.61. The number of benzene rings is 6. The summed E-state index contributed by atoms with van der Waals surface area (Å²) in [5, 5.41) is 52.3. The first-order valence-corrected chi connectivity index (χ1v) is 21.7. The molecule has 0 fully saturated rings. The standard InChI is InChI=1S/C34H27N5O17S4.4Na/c1-55-24-10-15(3-6-20(24)36-38-22-8-5-19-26(58(46,47)48)14-27(59(49,50)51)31(35)30(19)33(22)41)16-4-7-21(25(11-16)56-2)37-39-32-28(60(52,53)54)12-17-9-18(57(43,44)45)13-23(40)29(17)34(32)42;;;;/h3-14,40-42H,35H2,1-2H3,(H,43,44,45)(H,46,47,48)(H,49,50,51)(H,52,53,54);;;;/q;4*+1/p-4. The van der Waals surface area contributed by atoms with Gasteiger partial charge in [0.05, 0.1) is 36.2 Å². The van der Waals surface area contributed by atoms with Crippen molar-refractivity contribution in [1.82, 2.24) is 0 Å². The summed E-state index contributed by atoms with van der Waals surface area (Å²) in [6.45, 7) is 0. The molecule has 6 rings (SSSR count). The van der Waals surface area contributed by atoms with Gasteiger partial charge in [0.1, 0.15) is 47.7 Å². The Morgan fingerprint density at radius 3 is 1.48 bits per heavy atom. The zero-order valence-corrected chi connectivity index (χ0v) is 45.3. The van der Waals surface area contributed by atoms with E-state index >= 15 is 0 Å². The van der Waals surface area contributed by atoms with Crippen LogP contribution in [0.2, 0.25) is 0 Å². The maximum absolute atomic E-state index is 13.4. The van der Waals surface area contributed by atoms with Crippen molar-refractivity contribution < 1.29 is 195 Å². The van der Waals surface area contributed by atoms with E-state index in [0.717, 1.165) is 12.1 Å². The smallest absolute Gasteiger partial charge is 0.872 e. The average Bonchev–Trinajstić information content (AvgIpc) is 3.15. The molecule has 0 unspecified atom stereocenters. The van der Waals surface area contributed by atoms with Crippen LogP contribution in [-0.4, -0.2) is 66.1 Å². The summed E-state index contributed by atoms with van der Waals surface area (Å²) in [6.07, 6.45) is 0. The van der Waals surface area contributed by atoms with Gasteiger partial charge in [-0.2, -0.15) is 30.4 Å². The topological polar surface area (TPSA) is 383 Å². The number of ether oxygens (including phenoxy) is 2. The molecule has 0 aliphatic rings. The fourth-order valence-corrected chi connectivity index (χ4v) is 8.49. The van der Waals surface area contributed by atoms with Crippen LogP contribution in [0.5, 0.6) is 28.7 Å². The number of fused-ring (bicyclic) bond motifs is 2. The molecule has 0 amide bonds. The number of hydrogen-bond acceptors (Lipinski definition) is 19. The number of nitrogens with zero attached hydrogens (tertiary/aromatic N) is 4. The predicted octanol–water partition coefficient (Wildman–Crippen LogP) is -8.03. The molecule has 0 radical (unpaired) electrons. The second kappa shape index (κ2) is 21.6. The Morgan fingerprint density at radius 1 is 0.547 bits per heavy atom. The van der Waals surface area contributed by atoms with Gasteiger partial charge in [-0.1, -0.05) is 35.8 Å². The summed E-state index contributed by atoms with van der Waals surface area (Å²) in [5.41, 5.74) is 4.41. The van der Waals surface area contributed by atoms with Gasteiger partial charge in [0.2, 0.25) is 0 Å². The van der Waals surface area contributed by atoms with Crippen LogP contribution in [0, 0.1) is 0 Å². The summed E-state index contributed by atoms with van der Waals surface area (Å²) in [4.78, 5) is -4.35. The molecule has 5 N–H and O–H groups in total. The molecule has 0 bridgehead atoms. The van der Waals surface area contributed by atoms with Crippen LogP contribution < -0.4 is 149 Å². The minimum atomic E-state index is -5.25. The first kappa shape index (κ1) is 57.6. The van der Waals surface area contributed by atoms with E-state index in [4.69, 9.17) is 15.2 Å². The molecular formula is C34H23N5Na4O17S4. The molecular weight excluding hydrogens is 971 g/mol. The third kappa shape index (κ3) is 11.9. The molecule has 6 aromatic carbocycles. The fourth-order valence-electron chi connectivity index (χ4n) is 5.88. The molecule has 6 aromatic rings. The first-order valence-electron chi connectivity index (χ1n) is 16.0. The summed E-state index contributed by atoms with van der Waals surface area (Å²) in [7, 11) is -18.2. The van der Waals surface area contributed by atoms with Gasteiger partial charge in [-0.05, 0) is 70.4 Å². The van der Waals surface area contributed by atoms with Crippen LogP contribution in [0.25, 0.3) is 32.7 Å². The minimum Gasteiger partial charge on any atom is -0.872 e. The van der Waals surface area contributed by atoms with E-state index in [1.165, 1.54) is 50.6 Å². The van der Waals surface area contributed by atoms with Crippen molar-refractivity contribution in [1.29, 1.82) is 0 Å². The zero-order valence-electron chi connectivity index (χ0n) is 34.0. The zero-order chi connectivity index (χ0) is 44.3. The maximum atomic E-state index is 13.4. The van der Waals surface area contributed by atoms with E-state index in [1.807, 2.05) is 0 Å². The van der Waals surface area contributed by atoms with Gasteiger partial charge in [0, 0.05) is 10.8 Å². The fraction of sp³-hybridized carbons (Fsp3) is 0.0588. The van der Waals surface area contributed by atoms with Crippen molar-refractivity contribution >= 4 is 90.5 Å². The molecule has 0 heterocycles. The van der Waals surface area contributed by atoms with Crippen LogP contribution in [0.15, 0.2) is 113 Å². The molecule has 314 valence electrons. The Kier molecular flexibility index (Phi) is 19.5. The molecule has 0 atom stereocenters. The van der Waals surface area contributed by atoms with Crippen molar-refractivity contribution in [3.05, 3.63) is 72.8 Å². The average molecular weight is 994 g/mol. The molecule has 0 spiro atoms. The maximum Gasteiger partial charge on any atom is 1.00 e. The Hall–Kier alpha value is -2.52. The molecule has 0 aliphatic carbocycles. The Balaban J connectivity index is 0.00000352. The van der Waals surface area contributed by atoms with E-state index < -0.39 is 116 Å². The molecule has 0 saturated carbocycles. The van der Waals surface area contributed by atoms with Gasteiger partial charge >= 0.3 is 118 Å². The number of hydrogen-bond donors (Lipinski definition) is 4. The van der Waals surface area contributed by atoms with Crippen LogP contribution in [0.3, 0.4) is 0 Å². The molecule has 30 heteroatoms. The van der Waals surface area contributed by atoms with Crippen LogP contribution in [0.4, 0.5) is 28.4 Å². The molecule has 0 aromatic heterocycles. The van der Waals surface area contributed by atoms with Crippen molar-refractivity contribution in [2.45, 2.75) is 19.6 Å². The first-order chi connectivity index (χ1) is 27.8. The molecule has 0 saturated heterocycles. The van der Waals surface area contributed by atoms with Gasteiger partial charge in [0.25, 0.3) is 30.4 Å². The Labute approximate surface area is 452 Å². The van der Waals surface area contributed by atoms with Gasteiger partial charge in [0.15, 0.2) is 0 Å². The normalized spacial score (nSPS) is 12.0. The summed E-state index contributed by atoms with van der Waals surface area (Å²) in [5.74, 6) is -3.60. The second-order valence-corrected chi connectivity index (χ2v) is 17.8. The summed E-state index contributed by atoms with van der Waals surface area (Å²) in [6, 6.07) is 12.7. The van der Waals surface area contributed by atoms with Crippen molar-refractivity contribution in [3.8, 4) is 39.9 Å². The van der Waals surface area contributed by atoms with E-state index in [9.17, 15) is 67.2 Å². The molecule has 22 nitrogen and oxygen atoms in total. The van der Waals surface area contributed by atoms with Gasteiger partial charge in [-0.3, -0.25) is 13.7 Å². The number of anilines is 1. The van der Waals surface area contributed by atoms with E-state index in [1.54, 1.807) is 0 Å². The number of methoxy groups -OCH3 is 2. The van der Waals surface area contributed by atoms with Gasteiger partial charge < -0.3 is 35.1 Å². The summed E-state index contributed by atoms with van der Waals surface area (Å²) < 4.78 is 147. The quantitative estimate of drug-likeness (QED) is 0.0405. The predicted molar refractivity (Wildman–Crippen MR) is 201 cm³/mol. The van der Waals surface area contributed by atoms with Crippen molar-refractivity contribution in [2.24, 2.45) is 20.5 Å². The van der Waals surface area contributed by atoms with Crippen LogP contribution in [0.1, 0.15) is 0 Å². The van der Waals surface area contributed by atoms with E-state index in [-0.39, 0.29) is 141 Å². The van der Waals surface area contributed by atoms with Crippen molar-refractivity contribution in [2.75, 3.05) is 20.0 Å².